The summed E-state index contributed by atoms with van der Waals surface area (Å²) in [4.78, 5) is 6.66. The molecule has 1 N–H and O–H groups in total. The Labute approximate surface area is 116 Å². The van der Waals surface area contributed by atoms with Crippen molar-refractivity contribution in [3.63, 3.8) is 0 Å². The molecule has 0 aliphatic carbocycles. The Bertz CT molecular complexity index is 377. The van der Waals surface area contributed by atoms with Crippen molar-refractivity contribution in [1.29, 1.82) is 0 Å². The fraction of sp³-hybridized carbons (Fsp3) is 0.667. The van der Waals surface area contributed by atoms with E-state index in [2.05, 4.69) is 35.1 Å². The van der Waals surface area contributed by atoms with Crippen LogP contribution < -0.4 is 10.2 Å². The third-order valence-corrected chi connectivity index (χ3v) is 3.61. The van der Waals surface area contributed by atoms with Crippen molar-refractivity contribution in [2.75, 3.05) is 31.1 Å². The number of hydrogen-bond donors (Lipinski definition) is 1. The molecule has 1 unspecified atom stereocenters. The van der Waals surface area contributed by atoms with Crippen molar-refractivity contribution in [2.45, 2.75) is 39.3 Å². The van der Waals surface area contributed by atoms with Crippen LogP contribution in [0.1, 0.15) is 32.3 Å². The number of hydrogen-bond acceptors (Lipinski definition) is 4. The lowest BCUT2D eigenvalue weighted by Gasteiger charge is -2.28. The van der Waals surface area contributed by atoms with Gasteiger partial charge >= 0.3 is 0 Å². The zero-order chi connectivity index (χ0) is 13.5. The Balaban J connectivity index is 2.07. The quantitative estimate of drug-likeness (QED) is 0.818. The van der Waals surface area contributed by atoms with E-state index in [4.69, 9.17) is 4.74 Å². The molecule has 106 valence electrons. The van der Waals surface area contributed by atoms with Gasteiger partial charge in [0.05, 0.1) is 6.10 Å². The summed E-state index contributed by atoms with van der Waals surface area (Å²) < 4.78 is 5.75. The zero-order valence-electron chi connectivity index (χ0n) is 12.1. The molecule has 1 aromatic heterocycles. The maximum absolute atomic E-state index is 5.75. The smallest absolute Gasteiger partial charge is 0.0750 e. The molecule has 1 fully saturated rings. The third kappa shape index (κ3) is 3.91. The van der Waals surface area contributed by atoms with Gasteiger partial charge < -0.3 is 15.0 Å². The Morgan fingerprint density at radius 1 is 1.47 bits per heavy atom. The lowest BCUT2D eigenvalue weighted by Crippen LogP contribution is -2.33. The molecule has 4 nitrogen and oxygen atoms in total. The molecule has 0 aromatic carbocycles. The summed E-state index contributed by atoms with van der Waals surface area (Å²) in [6.07, 6.45) is 6.62. The van der Waals surface area contributed by atoms with Crippen molar-refractivity contribution >= 4 is 5.69 Å². The van der Waals surface area contributed by atoms with E-state index in [-0.39, 0.29) is 0 Å². The maximum Gasteiger partial charge on any atom is 0.0750 e. The van der Waals surface area contributed by atoms with Crippen LogP contribution in [0.4, 0.5) is 5.69 Å². The molecule has 2 rings (SSSR count). The fourth-order valence-corrected chi connectivity index (χ4v) is 2.56. The van der Waals surface area contributed by atoms with Gasteiger partial charge in [0.1, 0.15) is 0 Å². The van der Waals surface area contributed by atoms with Gasteiger partial charge in [-0.05, 0) is 32.4 Å². The van der Waals surface area contributed by atoms with Gasteiger partial charge in [-0.1, -0.05) is 6.92 Å². The summed E-state index contributed by atoms with van der Waals surface area (Å²) in [5.41, 5.74) is 2.55. The van der Waals surface area contributed by atoms with Crippen LogP contribution in [-0.2, 0) is 11.3 Å². The molecule has 0 saturated carbocycles. The number of anilines is 1. The predicted molar refractivity (Wildman–Crippen MR) is 78.5 cm³/mol. The second kappa shape index (κ2) is 7.46. The Morgan fingerprint density at radius 2 is 2.37 bits per heavy atom. The van der Waals surface area contributed by atoms with E-state index in [1.165, 1.54) is 24.1 Å². The van der Waals surface area contributed by atoms with Gasteiger partial charge in [0.15, 0.2) is 0 Å². The van der Waals surface area contributed by atoms with E-state index in [0.29, 0.717) is 6.10 Å². The molecule has 4 heteroatoms. The highest BCUT2D eigenvalue weighted by atomic mass is 16.5. The summed E-state index contributed by atoms with van der Waals surface area (Å²) in [5, 5.41) is 3.38. The van der Waals surface area contributed by atoms with E-state index in [1.54, 1.807) is 0 Å². The summed E-state index contributed by atoms with van der Waals surface area (Å²) in [6, 6.07) is 2.12. The van der Waals surface area contributed by atoms with Crippen LogP contribution in [0.2, 0.25) is 0 Å². The van der Waals surface area contributed by atoms with Crippen molar-refractivity contribution in [2.24, 2.45) is 0 Å². The van der Waals surface area contributed by atoms with Crippen LogP contribution in [0.25, 0.3) is 0 Å². The van der Waals surface area contributed by atoms with Crippen LogP contribution in [0.3, 0.4) is 0 Å². The second-order valence-corrected chi connectivity index (χ2v) is 4.96. The Kier molecular flexibility index (Phi) is 5.61. The number of nitrogens with zero attached hydrogens (tertiary/aromatic N) is 2. The molecule has 1 saturated heterocycles. The highest BCUT2D eigenvalue weighted by molar-refractivity contribution is 5.52. The number of nitrogens with one attached hydrogen (secondary N) is 1. The normalized spacial score (nSPS) is 18.7. The Morgan fingerprint density at radius 3 is 3.05 bits per heavy atom. The minimum absolute atomic E-state index is 0.389. The fourth-order valence-electron chi connectivity index (χ4n) is 2.56. The van der Waals surface area contributed by atoms with Gasteiger partial charge in [-0.3, -0.25) is 4.98 Å². The van der Waals surface area contributed by atoms with Crippen LogP contribution >= 0.6 is 0 Å². The molecule has 1 aliphatic heterocycles. The molecule has 0 bridgehead atoms. The number of pyridine rings is 1. The molecule has 0 amide bonds. The minimum atomic E-state index is 0.389. The molecule has 19 heavy (non-hydrogen) atoms. The SMILES string of the molecule is CCNCc1cnccc1N(CC)CC1CCCO1. The number of likely N-dealkylation sites (N-methyl/N-ethyl adjacent to an activating group) is 1. The van der Waals surface area contributed by atoms with E-state index < -0.39 is 0 Å². The predicted octanol–water partition coefficient (Wildman–Crippen LogP) is 2.20. The average Bonchev–Trinajstić information content (AvgIpc) is 2.96. The monoisotopic (exact) mass is 263 g/mol. The van der Waals surface area contributed by atoms with Gasteiger partial charge in [0.2, 0.25) is 0 Å². The highest BCUT2D eigenvalue weighted by Crippen LogP contribution is 2.22. The van der Waals surface area contributed by atoms with Crippen molar-refractivity contribution in [1.82, 2.24) is 10.3 Å². The van der Waals surface area contributed by atoms with Crippen LogP contribution in [0.5, 0.6) is 0 Å². The van der Waals surface area contributed by atoms with E-state index in [9.17, 15) is 0 Å². The standard InChI is InChI=1S/C15H25N3O/c1-3-16-10-13-11-17-8-7-15(13)18(4-2)12-14-6-5-9-19-14/h7-8,11,14,16H,3-6,9-10,12H2,1-2H3. The summed E-state index contributed by atoms with van der Waals surface area (Å²) in [6.45, 7) is 9.09. The molecule has 1 atom stereocenters. The number of rotatable bonds is 7. The second-order valence-electron chi connectivity index (χ2n) is 4.96. The summed E-state index contributed by atoms with van der Waals surface area (Å²) >= 11 is 0. The summed E-state index contributed by atoms with van der Waals surface area (Å²) in [5.74, 6) is 0. The van der Waals surface area contributed by atoms with Gasteiger partial charge in [-0.15, -0.1) is 0 Å². The first-order valence-corrected chi connectivity index (χ1v) is 7.35. The van der Waals surface area contributed by atoms with Crippen LogP contribution in [-0.4, -0.2) is 37.3 Å². The third-order valence-electron chi connectivity index (χ3n) is 3.61. The highest BCUT2D eigenvalue weighted by Gasteiger charge is 2.19. The first kappa shape index (κ1) is 14.3. The summed E-state index contributed by atoms with van der Waals surface area (Å²) in [7, 11) is 0. The lowest BCUT2D eigenvalue weighted by molar-refractivity contribution is 0.115. The van der Waals surface area contributed by atoms with Gasteiger partial charge in [0, 0.05) is 49.9 Å². The largest absolute Gasteiger partial charge is 0.376 e. The minimum Gasteiger partial charge on any atom is -0.376 e. The molecule has 1 aliphatic rings. The van der Waals surface area contributed by atoms with Crippen molar-refractivity contribution < 1.29 is 4.74 Å². The average molecular weight is 263 g/mol. The van der Waals surface area contributed by atoms with E-state index in [0.717, 1.165) is 32.8 Å². The van der Waals surface area contributed by atoms with Gasteiger partial charge in [-0.2, -0.15) is 0 Å². The molecule has 0 radical (unpaired) electrons. The zero-order valence-corrected chi connectivity index (χ0v) is 12.1. The first-order chi connectivity index (χ1) is 9.35. The van der Waals surface area contributed by atoms with Crippen LogP contribution in [0, 0.1) is 0 Å². The van der Waals surface area contributed by atoms with E-state index in [1.807, 2.05) is 12.4 Å². The van der Waals surface area contributed by atoms with Gasteiger partial charge in [0.25, 0.3) is 0 Å². The molecule has 1 aromatic rings. The topological polar surface area (TPSA) is 37.4 Å². The van der Waals surface area contributed by atoms with Gasteiger partial charge in [-0.25, -0.2) is 0 Å². The van der Waals surface area contributed by atoms with Crippen molar-refractivity contribution in [3.8, 4) is 0 Å². The van der Waals surface area contributed by atoms with Crippen molar-refractivity contribution in [3.05, 3.63) is 24.0 Å². The first-order valence-electron chi connectivity index (χ1n) is 7.35. The van der Waals surface area contributed by atoms with Crippen LogP contribution in [0.15, 0.2) is 18.5 Å². The van der Waals surface area contributed by atoms with E-state index >= 15 is 0 Å². The molecule has 2 heterocycles. The lowest BCUT2D eigenvalue weighted by atomic mass is 10.1. The Hall–Kier alpha value is -1.13. The maximum atomic E-state index is 5.75. The number of aromatic nitrogens is 1. The molecule has 0 spiro atoms. The molecular weight excluding hydrogens is 238 g/mol. The number of ether oxygens (including phenoxy) is 1. The molecular formula is C15H25N3O.